The molecule has 0 N–H and O–H groups in total. The average Bonchev–Trinajstić information content (AvgIpc) is 2.25. The van der Waals surface area contributed by atoms with Crippen molar-refractivity contribution in [1.29, 1.82) is 0 Å². The molecular formula is C15H20O. The van der Waals surface area contributed by atoms with Gasteiger partial charge in [0, 0.05) is 6.42 Å². The van der Waals surface area contributed by atoms with Crippen molar-refractivity contribution in [3.8, 4) is 23.7 Å². The Morgan fingerprint density at radius 2 is 1.88 bits per heavy atom. The Balaban J connectivity index is 3.51. The summed E-state index contributed by atoms with van der Waals surface area (Å²) in [7, 11) is 0. The van der Waals surface area contributed by atoms with E-state index in [-0.39, 0.29) is 5.78 Å². The van der Waals surface area contributed by atoms with Crippen LogP contribution in [0.5, 0.6) is 0 Å². The Hall–Kier alpha value is -1.47. The molecule has 86 valence electrons. The summed E-state index contributed by atoms with van der Waals surface area (Å²) in [5.74, 6) is 11.2. The van der Waals surface area contributed by atoms with Crippen molar-refractivity contribution in [2.24, 2.45) is 0 Å². The van der Waals surface area contributed by atoms with Crippen LogP contribution in [0.3, 0.4) is 0 Å². The summed E-state index contributed by atoms with van der Waals surface area (Å²) in [6.07, 6.45) is 10.2. The SMILES string of the molecule is CCCCCCCC#CC#C/C=C\C(C)=O. The second-order valence-corrected chi connectivity index (χ2v) is 3.68. The van der Waals surface area contributed by atoms with Crippen LogP contribution in [0, 0.1) is 23.7 Å². The third-order valence-electron chi connectivity index (χ3n) is 2.03. The first-order valence-electron chi connectivity index (χ1n) is 5.93. The smallest absolute Gasteiger partial charge is 0.153 e. The van der Waals surface area contributed by atoms with Gasteiger partial charge in [-0.25, -0.2) is 0 Å². The fourth-order valence-corrected chi connectivity index (χ4v) is 1.16. The molecular weight excluding hydrogens is 196 g/mol. The molecule has 0 bridgehead atoms. The van der Waals surface area contributed by atoms with E-state index in [2.05, 4.69) is 30.6 Å². The largest absolute Gasteiger partial charge is 0.295 e. The molecule has 0 aromatic carbocycles. The molecule has 0 spiro atoms. The van der Waals surface area contributed by atoms with Crippen molar-refractivity contribution in [3.63, 3.8) is 0 Å². The molecule has 0 aromatic rings. The standard InChI is InChI=1S/C15H20O/c1-3-4-5-6-7-8-9-10-11-12-13-14-15(2)16/h13-14H,3-8H2,1-2H3/b14-13-. The van der Waals surface area contributed by atoms with Crippen LogP contribution in [0.15, 0.2) is 12.2 Å². The van der Waals surface area contributed by atoms with E-state index in [1.807, 2.05) is 0 Å². The second kappa shape index (κ2) is 11.6. The summed E-state index contributed by atoms with van der Waals surface area (Å²) in [4.78, 5) is 10.5. The lowest BCUT2D eigenvalue weighted by molar-refractivity contribution is -0.112. The molecule has 0 amide bonds. The summed E-state index contributed by atoms with van der Waals surface area (Å²) in [5, 5.41) is 0. The van der Waals surface area contributed by atoms with E-state index in [0.717, 1.165) is 12.8 Å². The molecule has 0 aliphatic heterocycles. The molecule has 0 atom stereocenters. The number of unbranched alkanes of at least 4 members (excludes halogenated alkanes) is 5. The molecule has 0 fully saturated rings. The molecule has 0 radical (unpaired) electrons. The van der Waals surface area contributed by atoms with Gasteiger partial charge in [-0.1, -0.05) is 44.4 Å². The highest BCUT2D eigenvalue weighted by atomic mass is 16.1. The van der Waals surface area contributed by atoms with Crippen LogP contribution in [0.4, 0.5) is 0 Å². The topological polar surface area (TPSA) is 17.1 Å². The van der Waals surface area contributed by atoms with Crippen LogP contribution < -0.4 is 0 Å². The Kier molecular flexibility index (Phi) is 10.5. The molecule has 0 aromatic heterocycles. The number of ketones is 1. The fourth-order valence-electron chi connectivity index (χ4n) is 1.16. The minimum Gasteiger partial charge on any atom is -0.295 e. The fraction of sp³-hybridized carbons (Fsp3) is 0.533. The molecule has 0 aliphatic rings. The molecule has 1 heteroatoms. The van der Waals surface area contributed by atoms with Gasteiger partial charge in [0.1, 0.15) is 0 Å². The number of rotatable bonds is 6. The highest BCUT2D eigenvalue weighted by Gasteiger charge is 1.85. The summed E-state index contributed by atoms with van der Waals surface area (Å²) < 4.78 is 0. The lowest BCUT2D eigenvalue weighted by atomic mass is 10.1. The number of hydrogen-bond acceptors (Lipinski definition) is 1. The molecule has 0 saturated carbocycles. The van der Waals surface area contributed by atoms with Crippen LogP contribution in [-0.2, 0) is 4.79 Å². The second-order valence-electron chi connectivity index (χ2n) is 3.68. The van der Waals surface area contributed by atoms with Gasteiger partial charge in [-0.05, 0) is 37.3 Å². The molecule has 0 heterocycles. The van der Waals surface area contributed by atoms with Gasteiger partial charge in [0.2, 0.25) is 0 Å². The zero-order chi connectivity index (χ0) is 12.1. The first-order chi connectivity index (χ1) is 7.77. The maximum atomic E-state index is 10.5. The van der Waals surface area contributed by atoms with Crippen molar-refractivity contribution in [1.82, 2.24) is 0 Å². The number of carbonyl (C=O) groups is 1. The summed E-state index contributed by atoms with van der Waals surface area (Å²) in [5.41, 5.74) is 0. The van der Waals surface area contributed by atoms with E-state index in [0.29, 0.717) is 0 Å². The van der Waals surface area contributed by atoms with E-state index in [9.17, 15) is 4.79 Å². The first-order valence-corrected chi connectivity index (χ1v) is 5.93. The van der Waals surface area contributed by atoms with Gasteiger partial charge >= 0.3 is 0 Å². The summed E-state index contributed by atoms with van der Waals surface area (Å²) in [6.45, 7) is 3.71. The van der Waals surface area contributed by atoms with Crippen LogP contribution in [0.25, 0.3) is 0 Å². The van der Waals surface area contributed by atoms with Gasteiger partial charge in [0.15, 0.2) is 5.78 Å². The van der Waals surface area contributed by atoms with Gasteiger partial charge < -0.3 is 0 Å². The van der Waals surface area contributed by atoms with E-state index in [4.69, 9.17) is 0 Å². The predicted octanol–water partition coefficient (Wildman–Crippen LogP) is 3.50. The zero-order valence-electron chi connectivity index (χ0n) is 10.3. The number of allylic oxidation sites excluding steroid dienone is 2. The third-order valence-corrected chi connectivity index (χ3v) is 2.03. The maximum Gasteiger partial charge on any atom is 0.153 e. The minimum absolute atomic E-state index is 0.0122. The minimum atomic E-state index is 0.0122. The van der Waals surface area contributed by atoms with Gasteiger partial charge in [-0.15, -0.1) is 0 Å². The van der Waals surface area contributed by atoms with Gasteiger partial charge in [0.05, 0.1) is 0 Å². The first kappa shape index (κ1) is 14.5. The van der Waals surface area contributed by atoms with Gasteiger partial charge in [0.25, 0.3) is 0 Å². The molecule has 16 heavy (non-hydrogen) atoms. The van der Waals surface area contributed by atoms with Crippen molar-refractivity contribution in [2.45, 2.75) is 52.4 Å². The maximum absolute atomic E-state index is 10.5. The van der Waals surface area contributed by atoms with Crippen molar-refractivity contribution in [2.75, 3.05) is 0 Å². The Bertz CT molecular complexity index is 328. The quantitative estimate of drug-likeness (QED) is 0.377. The average molecular weight is 216 g/mol. The van der Waals surface area contributed by atoms with Crippen molar-refractivity contribution >= 4 is 5.78 Å². The van der Waals surface area contributed by atoms with E-state index >= 15 is 0 Å². The van der Waals surface area contributed by atoms with Crippen LogP contribution >= 0.6 is 0 Å². The number of carbonyl (C=O) groups excluding carboxylic acids is 1. The summed E-state index contributed by atoms with van der Waals surface area (Å²) >= 11 is 0. The Labute approximate surface area is 99.3 Å². The number of hydrogen-bond donors (Lipinski definition) is 0. The third kappa shape index (κ3) is 12.5. The molecule has 0 unspecified atom stereocenters. The lowest BCUT2D eigenvalue weighted by Crippen LogP contribution is -1.77. The molecule has 1 nitrogen and oxygen atoms in total. The van der Waals surface area contributed by atoms with Gasteiger partial charge in [-0.3, -0.25) is 4.79 Å². The zero-order valence-corrected chi connectivity index (χ0v) is 10.3. The molecule has 0 aliphatic carbocycles. The normalized spacial score (nSPS) is 9.12. The van der Waals surface area contributed by atoms with Gasteiger partial charge in [-0.2, -0.15) is 0 Å². The monoisotopic (exact) mass is 216 g/mol. The van der Waals surface area contributed by atoms with Crippen LogP contribution in [0.1, 0.15) is 52.4 Å². The highest BCUT2D eigenvalue weighted by Crippen LogP contribution is 2.03. The lowest BCUT2D eigenvalue weighted by Gasteiger charge is -1.93. The molecule has 0 saturated heterocycles. The van der Waals surface area contributed by atoms with E-state index < -0.39 is 0 Å². The Morgan fingerprint density at radius 3 is 2.56 bits per heavy atom. The van der Waals surface area contributed by atoms with E-state index in [1.54, 1.807) is 0 Å². The highest BCUT2D eigenvalue weighted by molar-refractivity contribution is 5.87. The van der Waals surface area contributed by atoms with E-state index in [1.165, 1.54) is 44.8 Å². The predicted molar refractivity (Wildman–Crippen MR) is 68.7 cm³/mol. The molecule has 0 rings (SSSR count). The Morgan fingerprint density at radius 1 is 1.12 bits per heavy atom. The van der Waals surface area contributed by atoms with Crippen LogP contribution in [0.2, 0.25) is 0 Å². The van der Waals surface area contributed by atoms with Crippen molar-refractivity contribution < 1.29 is 4.79 Å². The van der Waals surface area contributed by atoms with Crippen LogP contribution in [-0.4, -0.2) is 5.78 Å². The van der Waals surface area contributed by atoms with Crippen molar-refractivity contribution in [3.05, 3.63) is 12.2 Å². The summed E-state index contributed by atoms with van der Waals surface area (Å²) in [6, 6.07) is 0.